The first-order valence-electron chi connectivity index (χ1n) is 19.9. The predicted octanol–water partition coefficient (Wildman–Crippen LogP) is 13.8. The molecular weight excluding hydrogens is 713 g/mol. The van der Waals surface area contributed by atoms with Gasteiger partial charge < -0.3 is 18.6 Å². The lowest BCUT2D eigenvalue weighted by atomic mass is 9.73. The molecule has 0 unspecified atom stereocenters. The van der Waals surface area contributed by atoms with E-state index in [2.05, 4.69) is 184 Å². The maximum Gasteiger partial charge on any atom is 0.227 e. The van der Waals surface area contributed by atoms with Crippen molar-refractivity contribution >= 4 is 50.6 Å². The topological polar surface area (TPSA) is 58.5 Å². The highest BCUT2D eigenvalue weighted by Crippen LogP contribution is 2.52. The summed E-state index contributed by atoms with van der Waals surface area (Å²) in [6.07, 6.45) is 6.83. The van der Waals surface area contributed by atoms with Crippen LogP contribution < -0.4 is 9.80 Å². The lowest BCUT2D eigenvalue weighted by Crippen LogP contribution is -2.33. The molecule has 0 saturated carbocycles. The van der Waals surface area contributed by atoms with E-state index in [9.17, 15) is 0 Å². The molecule has 58 heavy (non-hydrogen) atoms. The average molecular weight is 757 g/mol. The Bertz CT molecular complexity index is 2860. The molecule has 2 aliphatic heterocycles. The van der Waals surface area contributed by atoms with Gasteiger partial charge >= 0.3 is 0 Å². The summed E-state index contributed by atoms with van der Waals surface area (Å²) in [5, 5.41) is 0. The molecule has 6 heteroatoms. The fourth-order valence-electron chi connectivity index (χ4n) is 9.11. The van der Waals surface area contributed by atoms with Crippen molar-refractivity contribution in [1.82, 2.24) is 9.97 Å². The Labute approximate surface area is 339 Å². The first-order valence-corrected chi connectivity index (χ1v) is 19.9. The molecule has 0 N–H and O–H groups in total. The molecule has 6 nitrogen and oxygen atoms in total. The highest BCUT2D eigenvalue weighted by Gasteiger charge is 2.38. The minimum Gasteiger partial charge on any atom is -0.440 e. The Kier molecular flexibility index (Phi) is 8.17. The fraction of sp³-hybridized carbons (Fsp3) is 0.154. The van der Waals surface area contributed by atoms with Crippen molar-refractivity contribution in [2.75, 3.05) is 9.80 Å². The number of anilines is 5. The monoisotopic (exact) mass is 756 g/mol. The Morgan fingerprint density at radius 3 is 1.72 bits per heavy atom. The van der Waals surface area contributed by atoms with E-state index < -0.39 is 0 Å². The van der Waals surface area contributed by atoms with Crippen LogP contribution >= 0.6 is 0 Å². The molecule has 6 aromatic carbocycles. The number of para-hydroxylation sites is 3. The van der Waals surface area contributed by atoms with E-state index in [0.29, 0.717) is 29.4 Å². The van der Waals surface area contributed by atoms with Crippen LogP contribution in [0.3, 0.4) is 0 Å². The highest BCUT2D eigenvalue weighted by atomic mass is 16.4. The molecule has 0 bridgehead atoms. The second-order valence-corrected chi connectivity index (χ2v) is 16.3. The van der Waals surface area contributed by atoms with Crippen molar-refractivity contribution in [3.8, 4) is 11.5 Å². The molecule has 0 spiro atoms. The second-order valence-electron chi connectivity index (χ2n) is 16.3. The number of hydrogen-bond donors (Lipinski definition) is 0. The van der Waals surface area contributed by atoms with Crippen LogP contribution in [0.25, 0.3) is 33.7 Å². The molecule has 0 amide bonds. The number of rotatable bonds is 7. The van der Waals surface area contributed by atoms with E-state index in [1.54, 1.807) is 0 Å². The SMILES string of the molecule is C=CC1=C(/C=C\C)N(c2ccc(Cc3nc4cc5oc(-c6ccc(N7c8ccccc8C(C)(C)c8ccccc87)cc6)nc5cc4o3)cc2)c2ccccc2C1(C)C. The van der Waals surface area contributed by atoms with Crippen molar-refractivity contribution in [1.29, 1.82) is 0 Å². The summed E-state index contributed by atoms with van der Waals surface area (Å²) in [5.41, 5.74) is 16.5. The van der Waals surface area contributed by atoms with E-state index in [0.717, 1.165) is 39.2 Å². The van der Waals surface area contributed by atoms with Gasteiger partial charge in [-0.3, -0.25) is 0 Å². The zero-order chi connectivity index (χ0) is 39.8. The van der Waals surface area contributed by atoms with E-state index in [-0.39, 0.29) is 10.8 Å². The van der Waals surface area contributed by atoms with E-state index in [1.165, 1.54) is 39.3 Å². The van der Waals surface area contributed by atoms with Gasteiger partial charge in [0.1, 0.15) is 11.0 Å². The van der Waals surface area contributed by atoms with Gasteiger partial charge in [0.05, 0.1) is 17.1 Å². The Morgan fingerprint density at radius 2 is 1.12 bits per heavy atom. The summed E-state index contributed by atoms with van der Waals surface area (Å²) in [6.45, 7) is 15.4. The number of oxazole rings is 2. The molecule has 0 atom stereocenters. The van der Waals surface area contributed by atoms with Gasteiger partial charge in [-0.1, -0.05) is 113 Å². The maximum absolute atomic E-state index is 6.34. The zero-order valence-corrected chi connectivity index (χ0v) is 33.5. The summed E-state index contributed by atoms with van der Waals surface area (Å²) in [5.74, 6) is 1.20. The first kappa shape index (κ1) is 35.5. The lowest BCUT2D eigenvalue weighted by molar-refractivity contribution is 0.544. The minimum atomic E-state index is -0.173. The van der Waals surface area contributed by atoms with Crippen LogP contribution in [0, 0.1) is 0 Å². The van der Waals surface area contributed by atoms with Crippen LogP contribution in [-0.4, -0.2) is 9.97 Å². The summed E-state index contributed by atoms with van der Waals surface area (Å²) < 4.78 is 12.6. The molecule has 8 aromatic rings. The standard InChI is InChI=1S/C52H44N4O2/c1-7-15-43-37(8-2)51(3,4)38-16-9-12-19-44(38)55(43)35-26-22-33(23-27-35)30-49-53-41-31-48-42(32-47(41)57-49)54-50(58-48)34-24-28-36(29-25-34)56-45-20-13-10-17-39(45)52(5,6)40-18-11-14-21-46(40)56/h7-29,31-32H,2,30H2,1,3-6H3/b15-7-. The fourth-order valence-corrected chi connectivity index (χ4v) is 9.11. The van der Waals surface area contributed by atoms with Crippen LogP contribution in [-0.2, 0) is 17.3 Å². The predicted molar refractivity (Wildman–Crippen MR) is 237 cm³/mol. The zero-order valence-electron chi connectivity index (χ0n) is 33.5. The van der Waals surface area contributed by atoms with Crippen LogP contribution in [0.4, 0.5) is 28.4 Å². The maximum atomic E-state index is 6.34. The second kappa shape index (κ2) is 13.3. The van der Waals surface area contributed by atoms with Crippen molar-refractivity contribution in [2.24, 2.45) is 0 Å². The minimum absolute atomic E-state index is 0.105. The summed E-state index contributed by atoms with van der Waals surface area (Å²) >= 11 is 0. The number of hydrogen-bond acceptors (Lipinski definition) is 6. The van der Waals surface area contributed by atoms with Gasteiger partial charge in [-0.05, 0) is 95.4 Å². The normalized spacial score (nSPS) is 15.5. The molecule has 2 aromatic heterocycles. The molecule has 0 fully saturated rings. The quantitative estimate of drug-likeness (QED) is 0.161. The van der Waals surface area contributed by atoms with Crippen molar-refractivity contribution in [3.05, 3.63) is 198 Å². The molecule has 10 rings (SSSR count). The Balaban J connectivity index is 0.905. The summed E-state index contributed by atoms with van der Waals surface area (Å²) in [6, 6.07) is 47.0. The molecular formula is C52H44N4O2. The lowest BCUT2D eigenvalue weighted by Gasteiger charge is -2.42. The van der Waals surface area contributed by atoms with E-state index >= 15 is 0 Å². The third kappa shape index (κ3) is 5.54. The van der Waals surface area contributed by atoms with Gasteiger partial charge in [0.15, 0.2) is 17.1 Å². The third-order valence-electron chi connectivity index (χ3n) is 12.0. The molecule has 0 saturated heterocycles. The average Bonchev–Trinajstić information content (AvgIpc) is 3.83. The number of aromatic nitrogens is 2. The van der Waals surface area contributed by atoms with Gasteiger partial charge in [0.25, 0.3) is 0 Å². The van der Waals surface area contributed by atoms with Gasteiger partial charge in [-0.25, -0.2) is 9.97 Å². The largest absolute Gasteiger partial charge is 0.440 e. The van der Waals surface area contributed by atoms with Gasteiger partial charge in [0.2, 0.25) is 5.89 Å². The molecule has 284 valence electrons. The Hall–Kier alpha value is -6.92. The molecule has 2 aliphatic rings. The van der Waals surface area contributed by atoms with E-state index in [1.807, 2.05) is 18.2 Å². The molecule has 4 heterocycles. The van der Waals surface area contributed by atoms with Crippen LogP contribution in [0.2, 0.25) is 0 Å². The summed E-state index contributed by atoms with van der Waals surface area (Å²) in [7, 11) is 0. The molecule has 0 radical (unpaired) electrons. The summed E-state index contributed by atoms with van der Waals surface area (Å²) in [4.78, 5) is 14.4. The Morgan fingerprint density at radius 1 is 0.603 bits per heavy atom. The third-order valence-corrected chi connectivity index (χ3v) is 12.0. The number of allylic oxidation sites excluding steroid dienone is 4. The van der Waals surface area contributed by atoms with Crippen molar-refractivity contribution in [2.45, 2.75) is 51.9 Å². The van der Waals surface area contributed by atoms with Gasteiger partial charge in [-0.15, -0.1) is 0 Å². The van der Waals surface area contributed by atoms with Crippen LogP contribution in [0.1, 0.15) is 62.8 Å². The van der Waals surface area contributed by atoms with Gasteiger partial charge in [0, 0.05) is 52.0 Å². The van der Waals surface area contributed by atoms with Crippen LogP contribution in [0.15, 0.2) is 178 Å². The molecule has 0 aliphatic carbocycles. The number of benzene rings is 6. The first-order chi connectivity index (χ1) is 28.1. The van der Waals surface area contributed by atoms with Crippen molar-refractivity contribution in [3.63, 3.8) is 0 Å². The van der Waals surface area contributed by atoms with Crippen molar-refractivity contribution < 1.29 is 8.83 Å². The van der Waals surface area contributed by atoms with E-state index in [4.69, 9.17) is 18.8 Å². The number of nitrogens with zero attached hydrogens (tertiary/aromatic N) is 4. The number of fused-ring (bicyclic) bond motifs is 5. The highest BCUT2D eigenvalue weighted by molar-refractivity contribution is 5.91. The van der Waals surface area contributed by atoms with Gasteiger partial charge in [-0.2, -0.15) is 0 Å². The smallest absolute Gasteiger partial charge is 0.227 e. The van der Waals surface area contributed by atoms with Crippen LogP contribution in [0.5, 0.6) is 0 Å².